The minimum Gasteiger partial charge on any atom is -0.376 e. The lowest BCUT2D eigenvalue weighted by molar-refractivity contribution is -0.0375. The Kier molecular flexibility index (Phi) is 5.76. The van der Waals surface area contributed by atoms with Gasteiger partial charge in [0, 0.05) is 42.2 Å². The summed E-state index contributed by atoms with van der Waals surface area (Å²) in [5.41, 5.74) is 1.12. The van der Waals surface area contributed by atoms with Crippen LogP contribution in [0.25, 0.3) is 0 Å². The van der Waals surface area contributed by atoms with E-state index in [4.69, 9.17) is 4.74 Å². The molecule has 5 nitrogen and oxygen atoms in total. The van der Waals surface area contributed by atoms with Crippen LogP contribution in [0, 0.1) is 24.7 Å². The molecule has 29 heavy (non-hydrogen) atoms. The number of rotatable bonds is 8. The maximum atomic E-state index is 6.50. The van der Waals surface area contributed by atoms with E-state index in [0.717, 1.165) is 49.4 Å². The Balaban J connectivity index is 1.28. The third-order valence-electron chi connectivity index (χ3n) is 6.98. The number of aryl methyl sites for hydroxylation is 2. The molecule has 2 aromatic rings. The van der Waals surface area contributed by atoms with E-state index < -0.39 is 0 Å². The Morgan fingerprint density at radius 2 is 2.00 bits per heavy atom. The molecule has 0 spiro atoms. The second-order valence-electron chi connectivity index (χ2n) is 9.52. The highest BCUT2D eigenvalue weighted by atomic mass is 32.1. The fourth-order valence-corrected chi connectivity index (χ4v) is 6.19. The first-order valence-corrected chi connectivity index (χ1v) is 12.3. The van der Waals surface area contributed by atoms with Crippen molar-refractivity contribution < 1.29 is 4.74 Å². The molecule has 1 saturated heterocycles. The molecule has 2 saturated carbocycles. The van der Waals surface area contributed by atoms with Gasteiger partial charge in [0.15, 0.2) is 0 Å². The maximum absolute atomic E-state index is 6.50. The van der Waals surface area contributed by atoms with Gasteiger partial charge >= 0.3 is 0 Å². The number of likely N-dealkylation sites (tertiary alicyclic amines) is 1. The molecule has 0 unspecified atom stereocenters. The van der Waals surface area contributed by atoms with Gasteiger partial charge in [-0.25, -0.2) is 4.68 Å². The van der Waals surface area contributed by atoms with Gasteiger partial charge in [0.1, 0.15) is 0 Å². The van der Waals surface area contributed by atoms with E-state index in [-0.39, 0.29) is 6.10 Å². The molecule has 0 bridgehead atoms. The van der Waals surface area contributed by atoms with E-state index >= 15 is 0 Å². The van der Waals surface area contributed by atoms with Crippen LogP contribution in [-0.4, -0.2) is 45.7 Å². The van der Waals surface area contributed by atoms with Crippen molar-refractivity contribution in [3.63, 3.8) is 0 Å². The molecule has 5 rings (SSSR count). The fourth-order valence-electron chi connectivity index (χ4n) is 5.25. The Bertz CT molecular complexity index is 813. The minimum atomic E-state index is 0.289. The number of fused-ring (bicyclic) bond motifs is 1. The molecule has 0 amide bonds. The highest BCUT2D eigenvalue weighted by Gasteiger charge is 2.44. The van der Waals surface area contributed by atoms with E-state index in [2.05, 4.69) is 52.1 Å². The predicted octanol–water partition coefficient (Wildman–Crippen LogP) is 4.48. The third kappa shape index (κ3) is 4.59. The summed E-state index contributed by atoms with van der Waals surface area (Å²) in [7, 11) is 0. The van der Waals surface area contributed by atoms with E-state index in [1.165, 1.54) is 48.5 Å². The largest absolute Gasteiger partial charge is 0.376 e. The van der Waals surface area contributed by atoms with E-state index in [1.807, 2.05) is 11.3 Å². The molecule has 3 aliphatic rings. The summed E-state index contributed by atoms with van der Waals surface area (Å²) in [6.45, 7) is 8.88. The smallest absolute Gasteiger partial charge is 0.0827 e. The molecule has 0 N–H and O–H groups in total. The van der Waals surface area contributed by atoms with Gasteiger partial charge in [0.25, 0.3) is 0 Å². The minimum absolute atomic E-state index is 0.289. The molecule has 2 aromatic heterocycles. The zero-order valence-corrected chi connectivity index (χ0v) is 18.6. The van der Waals surface area contributed by atoms with Crippen LogP contribution < -0.4 is 0 Å². The van der Waals surface area contributed by atoms with Crippen molar-refractivity contribution in [2.45, 2.75) is 71.1 Å². The van der Waals surface area contributed by atoms with Gasteiger partial charge in [-0.2, -0.15) is 0 Å². The number of hydrogen-bond acceptors (Lipinski definition) is 5. The van der Waals surface area contributed by atoms with Crippen molar-refractivity contribution in [2.24, 2.45) is 17.8 Å². The number of hydrogen-bond donors (Lipinski definition) is 0. The molecule has 1 aliphatic heterocycles. The Labute approximate surface area is 178 Å². The fraction of sp³-hybridized carbons (Fsp3) is 0.739. The zero-order valence-electron chi connectivity index (χ0n) is 17.8. The first kappa shape index (κ1) is 19.7. The van der Waals surface area contributed by atoms with E-state index in [1.54, 1.807) is 0 Å². The van der Waals surface area contributed by atoms with Gasteiger partial charge in [0.2, 0.25) is 0 Å². The van der Waals surface area contributed by atoms with Crippen LogP contribution >= 0.6 is 11.3 Å². The van der Waals surface area contributed by atoms with Gasteiger partial charge in [0.05, 0.1) is 17.8 Å². The zero-order chi connectivity index (χ0) is 19.8. The lowest BCUT2D eigenvalue weighted by atomic mass is 9.77. The van der Waals surface area contributed by atoms with Crippen LogP contribution in [0.5, 0.6) is 0 Å². The number of nitrogens with zero attached hydrogens (tertiary/aromatic N) is 4. The molecule has 0 radical (unpaired) electrons. The summed E-state index contributed by atoms with van der Waals surface area (Å²) in [5.74, 6) is 2.32. The van der Waals surface area contributed by atoms with E-state index in [0.29, 0.717) is 6.04 Å². The van der Waals surface area contributed by atoms with Gasteiger partial charge in [-0.15, -0.1) is 16.4 Å². The average Bonchev–Trinajstić information content (AvgIpc) is 3.06. The Morgan fingerprint density at radius 3 is 2.72 bits per heavy atom. The Hall–Kier alpha value is -1.24. The van der Waals surface area contributed by atoms with Gasteiger partial charge < -0.3 is 4.74 Å². The maximum Gasteiger partial charge on any atom is 0.0827 e. The summed E-state index contributed by atoms with van der Waals surface area (Å²) in [4.78, 5) is 5.59. The number of aromatic nitrogens is 3. The van der Waals surface area contributed by atoms with Crippen molar-refractivity contribution in [3.05, 3.63) is 33.8 Å². The molecule has 6 heteroatoms. The van der Waals surface area contributed by atoms with Gasteiger partial charge in [-0.3, -0.25) is 4.90 Å². The standard InChI is InChI=1S/C23H34N4OS/c1-3-4-20-13-27(25-24-20)22-9-18-11-26(14-21-8-5-16(2)29-21)12-19(18)10-23(22)28-15-17-6-7-17/h5,8,13,17-19,22-23H,3-4,6-7,9-12,14-15H2,1-2H3/t18-,19+,22-,23-/m1/s1. The summed E-state index contributed by atoms with van der Waals surface area (Å²) < 4.78 is 8.65. The highest BCUT2D eigenvalue weighted by Crippen LogP contribution is 2.43. The first-order valence-electron chi connectivity index (χ1n) is 11.5. The summed E-state index contributed by atoms with van der Waals surface area (Å²) in [5, 5.41) is 8.96. The molecule has 3 fully saturated rings. The summed E-state index contributed by atoms with van der Waals surface area (Å²) in [6.07, 6.45) is 9.65. The number of ether oxygens (including phenoxy) is 1. The summed E-state index contributed by atoms with van der Waals surface area (Å²) in [6, 6.07) is 4.90. The normalized spacial score (nSPS) is 30.0. The summed E-state index contributed by atoms with van der Waals surface area (Å²) >= 11 is 1.94. The molecule has 3 heterocycles. The van der Waals surface area contributed by atoms with Crippen LogP contribution in [0.15, 0.2) is 18.3 Å². The second kappa shape index (κ2) is 8.48. The average molecular weight is 415 g/mol. The van der Waals surface area contributed by atoms with E-state index in [9.17, 15) is 0 Å². The molecular formula is C23H34N4OS. The predicted molar refractivity (Wildman–Crippen MR) is 116 cm³/mol. The van der Waals surface area contributed by atoms with Crippen LogP contribution in [-0.2, 0) is 17.7 Å². The molecule has 2 aliphatic carbocycles. The van der Waals surface area contributed by atoms with Gasteiger partial charge in [-0.1, -0.05) is 18.6 Å². The van der Waals surface area contributed by atoms with Crippen molar-refractivity contribution >= 4 is 11.3 Å². The monoisotopic (exact) mass is 414 g/mol. The second-order valence-corrected chi connectivity index (χ2v) is 10.9. The molecule has 4 atom stereocenters. The van der Waals surface area contributed by atoms with Crippen LogP contribution in [0.1, 0.15) is 60.5 Å². The quantitative estimate of drug-likeness (QED) is 0.639. The first-order chi connectivity index (χ1) is 14.2. The van der Waals surface area contributed by atoms with Crippen molar-refractivity contribution in [1.29, 1.82) is 0 Å². The van der Waals surface area contributed by atoms with Crippen LogP contribution in [0.2, 0.25) is 0 Å². The van der Waals surface area contributed by atoms with Crippen molar-refractivity contribution in [1.82, 2.24) is 19.9 Å². The van der Waals surface area contributed by atoms with Crippen LogP contribution in [0.4, 0.5) is 0 Å². The molecular weight excluding hydrogens is 380 g/mol. The van der Waals surface area contributed by atoms with Crippen LogP contribution in [0.3, 0.4) is 0 Å². The molecule has 0 aromatic carbocycles. The van der Waals surface area contributed by atoms with Crippen molar-refractivity contribution in [2.75, 3.05) is 19.7 Å². The topological polar surface area (TPSA) is 43.2 Å². The highest BCUT2D eigenvalue weighted by molar-refractivity contribution is 7.11. The Morgan fingerprint density at radius 1 is 1.17 bits per heavy atom. The third-order valence-corrected chi connectivity index (χ3v) is 7.97. The lowest BCUT2D eigenvalue weighted by Gasteiger charge is -2.37. The number of thiophene rings is 1. The SMILES string of the molecule is CCCc1cn([C@@H]2C[C@@H]3CN(Cc4ccc(C)s4)C[C@@H]3C[C@H]2OCC2CC2)nn1. The lowest BCUT2D eigenvalue weighted by Crippen LogP contribution is -2.38. The van der Waals surface area contributed by atoms with Crippen molar-refractivity contribution in [3.8, 4) is 0 Å². The van der Waals surface area contributed by atoms with Gasteiger partial charge in [-0.05, 0) is 68.9 Å². The molecule has 158 valence electrons.